The molecule has 2 fully saturated rings. The molecular formula is C27H38N4O2. The summed E-state index contributed by atoms with van der Waals surface area (Å²) in [6.07, 6.45) is 0. The SMILES string of the molecule is COC(=O)c1ccc(CN2C[C@@H](C)N(Cc3cccc(CN4CCNCC4)c3)[C@@H](C)C2)cc1. The smallest absolute Gasteiger partial charge is 0.337 e. The second kappa shape index (κ2) is 11.3. The van der Waals surface area contributed by atoms with E-state index in [-0.39, 0.29) is 5.97 Å². The average molecular weight is 451 g/mol. The molecule has 2 aliphatic rings. The standard InChI is InChI=1S/C27H38N4O2/c1-21-16-30(18-23-7-9-26(10-8-23)27(32)33-3)17-22(2)31(21)20-25-6-4-5-24(15-25)19-29-13-11-28-12-14-29/h4-10,15,21-22,28H,11-14,16-20H2,1-3H3/t21-,22+. The van der Waals surface area contributed by atoms with Crippen LogP contribution >= 0.6 is 0 Å². The molecule has 0 amide bonds. The molecule has 6 heteroatoms. The van der Waals surface area contributed by atoms with Crippen LogP contribution in [0.25, 0.3) is 0 Å². The summed E-state index contributed by atoms with van der Waals surface area (Å²) in [5.74, 6) is -0.283. The van der Waals surface area contributed by atoms with E-state index < -0.39 is 0 Å². The van der Waals surface area contributed by atoms with E-state index >= 15 is 0 Å². The summed E-state index contributed by atoms with van der Waals surface area (Å²) in [5, 5.41) is 3.43. The van der Waals surface area contributed by atoms with Gasteiger partial charge < -0.3 is 10.1 Å². The number of piperazine rings is 2. The summed E-state index contributed by atoms with van der Waals surface area (Å²) in [6.45, 7) is 14.2. The van der Waals surface area contributed by atoms with Crippen molar-refractivity contribution in [1.82, 2.24) is 20.0 Å². The summed E-state index contributed by atoms with van der Waals surface area (Å²) in [4.78, 5) is 19.4. The largest absolute Gasteiger partial charge is 0.465 e. The lowest BCUT2D eigenvalue weighted by atomic mass is 10.0. The van der Waals surface area contributed by atoms with E-state index in [1.807, 2.05) is 24.3 Å². The quantitative estimate of drug-likeness (QED) is 0.655. The number of carbonyl (C=O) groups is 1. The number of ether oxygens (including phenoxy) is 1. The number of benzene rings is 2. The molecule has 0 unspecified atom stereocenters. The summed E-state index contributed by atoms with van der Waals surface area (Å²) < 4.78 is 4.80. The molecule has 2 aliphatic heterocycles. The molecule has 2 aromatic rings. The highest BCUT2D eigenvalue weighted by Crippen LogP contribution is 2.22. The van der Waals surface area contributed by atoms with Crippen molar-refractivity contribution < 1.29 is 9.53 Å². The van der Waals surface area contributed by atoms with Gasteiger partial charge in [-0.05, 0) is 42.7 Å². The van der Waals surface area contributed by atoms with Crippen molar-refractivity contribution in [2.24, 2.45) is 0 Å². The van der Waals surface area contributed by atoms with Crippen LogP contribution in [-0.2, 0) is 24.4 Å². The van der Waals surface area contributed by atoms with Crippen molar-refractivity contribution >= 4 is 5.97 Å². The highest BCUT2D eigenvalue weighted by molar-refractivity contribution is 5.89. The van der Waals surface area contributed by atoms with Crippen LogP contribution < -0.4 is 5.32 Å². The van der Waals surface area contributed by atoms with Crippen LogP contribution in [0.2, 0.25) is 0 Å². The number of hydrogen-bond donors (Lipinski definition) is 1. The summed E-state index contributed by atoms with van der Waals surface area (Å²) in [6, 6.07) is 17.9. The molecular weight excluding hydrogens is 412 g/mol. The van der Waals surface area contributed by atoms with Gasteiger partial charge in [0.1, 0.15) is 0 Å². The molecule has 2 atom stereocenters. The Hall–Kier alpha value is -2.25. The van der Waals surface area contributed by atoms with E-state index in [0.29, 0.717) is 17.6 Å². The lowest BCUT2D eigenvalue weighted by Crippen LogP contribution is -2.55. The van der Waals surface area contributed by atoms with E-state index in [2.05, 4.69) is 58.1 Å². The number of rotatable bonds is 7. The number of hydrogen-bond acceptors (Lipinski definition) is 6. The van der Waals surface area contributed by atoms with Crippen LogP contribution in [0.1, 0.15) is 40.9 Å². The molecule has 0 radical (unpaired) electrons. The average Bonchev–Trinajstić information content (AvgIpc) is 2.82. The Morgan fingerprint density at radius 3 is 2.12 bits per heavy atom. The van der Waals surface area contributed by atoms with Crippen molar-refractivity contribution in [3.05, 3.63) is 70.8 Å². The van der Waals surface area contributed by atoms with Gasteiger partial charge >= 0.3 is 5.97 Å². The first-order valence-corrected chi connectivity index (χ1v) is 12.2. The predicted molar refractivity (Wildman–Crippen MR) is 132 cm³/mol. The third-order valence-electron chi connectivity index (χ3n) is 6.93. The normalized spacial score (nSPS) is 22.9. The molecule has 2 aromatic carbocycles. The third-order valence-corrected chi connectivity index (χ3v) is 6.93. The van der Waals surface area contributed by atoms with Crippen LogP contribution in [0.15, 0.2) is 48.5 Å². The highest BCUT2D eigenvalue weighted by atomic mass is 16.5. The van der Waals surface area contributed by atoms with Gasteiger partial charge in [0.05, 0.1) is 12.7 Å². The summed E-state index contributed by atoms with van der Waals surface area (Å²) in [7, 11) is 1.42. The third kappa shape index (κ3) is 6.42. The Bertz CT molecular complexity index is 899. The summed E-state index contributed by atoms with van der Waals surface area (Å²) in [5.41, 5.74) is 4.67. The first-order valence-electron chi connectivity index (χ1n) is 12.2. The fraction of sp³-hybridized carbons (Fsp3) is 0.519. The molecule has 2 heterocycles. The first-order chi connectivity index (χ1) is 16.0. The highest BCUT2D eigenvalue weighted by Gasteiger charge is 2.29. The van der Waals surface area contributed by atoms with Gasteiger partial charge in [0.25, 0.3) is 0 Å². The minimum absolute atomic E-state index is 0.283. The minimum atomic E-state index is -0.283. The van der Waals surface area contributed by atoms with Crippen LogP contribution in [0.5, 0.6) is 0 Å². The fourth-order valence-electron chi connectivity index (χ4n) is 5.19. The van der Waals surface area contributed by atoms with Gasteiger partial charge in [-0.1, -0.05) is 36.4 Å². The van der Waals surface area contributed by atoms with Gasteiger partial charge in [0.2, 0.25) is 0 Å². The molecule has 2 saturated heterocycles. The van der Waals surface area contributed by atoms with Gasteiger partial charge in [0.15, 0.2) is 0 Å². The first kappa shape index (κ1) is 23.9. The van der Waals surface area contributed by atoms with E-state index in [1.165, 1.54) is 23.8 Å². The van der Waals surface area contributed by atoms with Gasteiger partial charge in [-0.2, -0.15) is 0 Å². The molecule has 0 spiro atoms. The van der Waals surface area contributed by atoms with Crippen molar-refractivity contribution in [3.63, 3.8) is 0 Å². The lowest BCUT2D eigenvalue weighted by molar-refractivity contribution is 0.0290. The molecule has 0 aromatic heterocycles. The lowest BCUT2D eigenvalue weighted by Gasteiger charge is -2.44. The molecule has 178 valence electrons. The molecule has 1 N–H and O–H groups in total. The monoisotopic (exact) mass is 450 g/mol. The number of methoxy groups -OCH3 is 1. The zero-order valence-electron chi connectivity index (χ0n) is 20.3. The van der Waals surface area contributed by atoms with E-state index in [9.17, 15) is 4.79 Å². The molecule has 4 rings (SSSR count). The van der Waals surface area contributed by atoms with E-state index in [1.54, 1.807) is 0 Å². The maximum absolute atomic E-state index is 11.7. The molecule has 33 heavy (non-hydrogen) atoms. The van der Waals surface area contributed by atoms with E-state index in [4.69, 9.17) is 4.74 Å². The van der Waals surface area contributed by atoms with Crippen molar-refractivity contribution in [3.8, 4) is 0 Å². The van der Waals surface area contributed by atoms with Gasteiger partial charge in [-0.15, -0.1) is 0 Å². The maximum Gasteiger partial charge on any atom is 0.337 e. The molecule has 0 aliphatic carbocycles. The van der Waals surface area contributed by atoms with Crippen LogP contribution in [0.3, 0.4) is 0 Å². The number of nitrogens with one attached hydrogen (secondary N) is 1. The topological polar surface area (TPSA) is 48.1 Å². The van der Waals surface area contributed by atoms with Gasteiger partial charge in [-0.25, -0.2) is 4.79 Å². The van der Waals surface area contributed by atoms with Gasteiger partial charge in [0, 0.05) is 71.0 Å². The van der Waals surface area contributed by atoms with Crippen molar-refractivity contribution in [2.75, 3.05) is 46.4 Å². The second-order valence-electron chi connectivity index (χ2n) is 9.60. The zero-order chi connectivity index (χ0) is 23.2. The molecule has 6 nitrogen and oxygen atoms in total. The maximum atomic E-state index is 11.7. The Morgan fingerprint density at radius 1 is 0.879 bits per heavy atom. The zero-order valence-corrected chi connectivity index (χ0v) is 20.3. The number of esters is 1. The summed E-state index contributed by atoms with van der Waals surface area (Å²) >= 11 is 0. The van der Waals surface area contributed by atoms with Crippen molar-refractivity contribution in [2.45, 2.75) is 45.6 Å². The van der Waals surface area contributed by atoms with Crippen LogP contribution in [-0.4, -0.2) is 79.1 Å². The Morgan fingerprint density at radius 2 is 1.48 bits per heavy atom. The molecule has 0 bridgehead atoms. The van der Waals surface area contributed by atoms with Crippen LogP contribution in [0.4, 0.5) is 0 Å². The van der Waals surface area contributed by atoms with Crippen molar-refractivity contribution in [1.29, 1.82) is 0 Å². The minimum Gasteiger partial charge on any atom is -0.465 e. The molecule has 0 saturated carbocycles. The Balaban J connectivity index is 1.32. The van der Waals surface area contributed by atoms with Gasteiger partial charge in [-0.3, -0.25) is 14.7 Å². The number of carbonyl (C=O) groups excluding carboxylic acids is 1. The van der Waals surface area contributed by atoms with Crippen LogP contribution in [0, 0.1) is 0 Å². The predicted octanol–water partition coefficient (Wildman–Crippen LogP) is 2.97. The second-order valence-corrected chi connectivity index (χ2v) is 9.60. The van der Waals surface area contributed by atoms with E-state index in [0.717, 1.165) is 58.9 Å². The Labute approximate surface area is 198 Å². The fourth-order valence-corrected chi connectivity index (χ4v) is 5.19. The Kier molecular flexibility index (Phi) is 8.15. The number of nitrogens with zero attached hydrogens (tertiary/aromatic N) is 3.